The highest BCUT2D eigenvalue weighted by Gasteiger charge is 2.29. The Kier molecular flexibility index (Phi) is 5.94. The molecule has 2 N–H and O–H groups in total. The molecule has 120 valence electrons. The molecular weight excluding hydrogens is 302 g/mol. The van der Waals surface area contributed by atoms with Crippen LogP contribution >= 0.6 is 11.3 Å². The fourth-order valence-corrected chi connectivity index (χ4v) is 3.19. The maximum absolute atomic E-state index is 12.3. The highest BCUT2D eigenvalue weighted by Crippen LogP contribution is 2.20. The number of likely N-dealkylation sites (N-methyl/N-ethyl adjacent to an activating group) is 1. The second-order valence-electron chi connectivity index (χ2n) is 5.24. The number of likely N-dealkylation sites (tertiary alicyclic amines) is 1. The molecular formula is C15H21N3O3S. The van der Waals surface area contributed by atoms with Gasteiger partial charge in [0.1, 0.15) is 0 Å². The van der Waals surface area contributed by atoms with Gasteiger partial charge in [-0.2, -0.15) is 0 Å². The van der Waals surface area contributed by atoms with Crippen LogP contribution in [0.15, 0.2) is 17.5 Å². The average molecular weight is 323 g/mol. The van der Waals surface area contributed by atoms with Gasteiger partial charge in [-0.15, -0.1) is 11.3 Å². The van der Waals surface area contributed by atoms with Gasteiger partial charge in [0.05, 0.1) is 17.3 Å². The average Bonchev–Trinajstić information content (AvgIpc) is 3.06. The fraction of sp³-hybridized carbons (Fsp3) is 0.533. The minimum Gasteiger partial charge on any atom is -0.355 e. The lowest BCUT2D eigenvalue weighted by Gasteiger charge is -2.31. The Morgan fingerprint density at radius 2 is 2.18 bits per heavy atom. The van der Waals surface area contributed by atoms with Crippen LogP contribution in [0.2, 0.25) is 0 Å². The fourth-order valence-electron chi connectivity index (χ4n) is 2.50. The van der Waals surface area contributed by atoms with Gasteiger partial charge >= 0.3 is 0 Å². The molecule has 1 saturated heterocycles. The van der Waals surface area contributed by atoms with Gasteiger partial charge in [0.25, 0.3) is 5.91 Å². The van der Waals surface area contributed by atoms with E-state index in [1.807, 2.05) is 18.4 Å². The molecule has 22 heavy (non-hydrogen) atoms. The summed E-state index contributed by atoms with van der Waals surface area (Å²) in [5, 5.41) is 7.15. The highest BCUT2D eigenvalue weighted by atomic mass is 32.1. The lowest BCUT2D eigenvalue weighted by molar-refractivity contribution is -0.129. The minimum atomic E-state index is -0.243. The van der Waals surface area contributed by atoms with Crippen LogP contribution in [0.4, 0.5) is 0 Å². The van der Waals surface area contributed by atoms with E-state index in [1.54, 1.807) is 11.0 Å². The van der Waals surface area contributed by atoms with Crippen LogP contribution in [0.5, 0.6) is 0 Å². The second kappa shape index (κ2) is 7.93. The third-order valence-corrected chi connectivity index (χ3v) is 4.47. The number of amides is 3. The summed E-state index contributed by atoms with van der Waals surface area (Å²) in [4.78, 5) is 38.3. The molecule has 6 nitrogen and oxygen atoms in total. The van der Waals surface area contributed by atoms with Crippen molar-refractivity contribution >= 4 is 29.1 Å². The summed E-state index contributed by atoms with van der Waals surface area (Å²) >= 11 is 1.41. The predicted octanol–water partition coefficient (Wildman–Crippen LogP) is 0.853. The van der Waals surface area contributed by atoms with E-state index >= 15 is 0 Å². The maximum Gasteiger partial charge on any atom is 0.263 e. The first-order valence-electron chi connectivity index (χ1n) is 7.49. The second-order valence-corrected chi connectivity index (χ2v) is 6.19. The van der Waals surface area contributed by atoms with Crippen molar-refractivity contribution in [3.63, 3.8) is 0 Å². The molecule has 0 aliphatic carbocycles. The third-order valence-electron chi connectivity index (χ3n) is 3.61. The molecule has 1 aromatic heterocycles. The molecule has 3 amide bonds. The van der Waals surface area contributed by atoms with Crippen LogP contribution in [-0.2, 0) is 9.59 Å². The molecule has 2 rings (SSSR count). The lowest BCUT2D eigenvalue weighted by atomic mass is 9.97. The van der Waals surface area contributed by atoms with E-state index in [2.05, 4.69) is 10.6 Å². The number of hydrogen-bond donors (Lipinski definition) is 2. The molecule has 0 aromatic carbocycles. The molecule has 2 heterocycles. The topological polar surface area (TPSA) is 78.5 Å². The van der Waals surface area contributed by atoms with Crippen LogP contribution in [0, 0.1) is 5.92 Å². The Hall–Kier alpha value is -1.89. The number of carbonyl (C=O) groups is 3. The Morgan fingerprint density at radius 3 is 2.86 bits per heavy atom. The Bertz CT molecular complexity index is 530. The van der Waals surface area contributed by atoms with Crippen LogP contribution in [0.25, 0.3) is 0 Å². The minimum absolute atomic E-state index is 0.0119. The lowest BCUT2D eigenvalue weighted by Crippen LogP contribution is -2.47. The number of nitrogens with one attached hydrogen (secondary N) is 2. The first kappa shape index (κ1) is 16.5. The summed E-state index contributed by atoms with van der Waals surface area (Å²) in [5.74, 6) is -0.614. The Labute approximate surface area is 133 Å². The van der Waals surface area contributed by atoms with Gasteiger partial charge in [0.2, 0.25) is 11.8 Å². The number of thiophene rings is 1. The van der Waals surface area contributed by atoms with E-state index in [1.165, 1.54) is 11.3 Å². The SMILES string of the molecule is CCNC(=O)CNC(=O)C1CCCN(C(=O)c2cccs2)C1. The first-order chi connectivity index (χ1) is 10.6. The van der Waals surface area contributed by atoms with Crippen LogP contribution in [0.1, 0.15) is 29.4 Å². The summed E-state index contributed by atoms with van der Waals surface area (Å²) < 4.78 is 0. The third kappa shape index (κ3) is 4.30. The van der Waals surface area contributed by atoms with Crippen molar-refractivity contribution in [2.45, 2.75) is 19.8 Å². The number of hydrogen-bond acceptors (Lipinski definition) is 4. The molecule has 7 heteroatoms. The van der Waals surface area contributed by atoms with Crippen LogP contribution in [-0.4, -0.2) is 48.8 Å². The van der Waals surface area contributed by atoms with E-state index in [0.717, 1.165) is 12.8 Å². The molecule has 1 fully saturated rings. The molecule has 1 unspecified atom stereocenters. The Balaban J connectivity index is 1.86. The quantitative estimate of drug-likeness (QED) is 0.843. The predicted molar refractivity (Wildman–Crippen MR) is 84.6 cm³/mol. The van der Waals surface area contributed by atoms with Gasteiger partial charge in [-0.25, -0.2) is 0 Å². The monoisotopic (exact) mass is 323 g/mol. The summed E-state index contributed by atoms with van der Waals surface area (Å²) in [7, 11) is 0. The molecule has 1 aromatic rings. The van der Waals surface area contributed by atoms with E-state index in [0.29, 0.717) is 24.5 Å². The summed E-state index contributed by atoms with van der Waals surface area (Å²) in [5.41, 5.74) is 0. The van der Waals surface area contributed by atoms with Crippen molar-refractivity contribution in [1.29, 1.82) is 0 Å². The van der Waals surface area contributed by atoms with Gasteiger partial charge in [0, 0.05) is 19.6 Å². The Morgan fingerprint density at radius 1 is 1.36 bits per heavy atom. The zero-order chi connectivity index (χ0) is 15.9. The van der Waals surface area contributed by atoms with Gasteiger partial charge in [0.15, 0.2) is 0 Å². The van der Waals surface area contributed by atoms with Gasteiger partial charge in [-0.1, -0.05) is 6.07 Å². The standard InChI is InChI=1S/C15H21N3O3S/c1-2-16-13(19)9-17-14(20)11-5-3-7-18(10-11)15(21)12-6-4-8-22-12/h4,6,8,11H,2-3,5,7,9-10H2,1H3,(H,16,19)(H,17,20). The van der Waals surface area contributed by atoms with Crippen molar-refractivity contribution < 1.29 is 14.4 Å². The molecule has 0 spiro atoms. The number of piperidine rings is 1. The van der Waals surface area contributed by atoms with Crippen molar-refractivity contribution in [1.82, 2.24) is 15.5 Å². The molecule has 1 aliphatic heterocycles. The van der Waals surface area contributed by atoms with Crippen molar-refractivity contribution in [3.8, 4) is 0 Å². The summed E-state index contributed by atoms with van der Waals surface area (Å²) in [6.45, 7) is 3.45. The normalized spacial score (nSPS) is 17.9. The van der Waals surface area contributed by atoms with E-state index in [-0.39, 0.29) is 30.2 Å². The van der Waals surface area contributed by atoms with Crippen molar-refractivity contribution in [3.05, 3.63) is 22.4 Å². The molecule has 0 bridgehead atoms. The smallest absolute Gasteiger partial charge is 0.263 e. The molecule has 1 aliphatic rings. The van der Waals surface area contributed by atoms with Crippen LogP contribution in [0.3, 0.4) is 0 Å². The zero-order valence-corrected chi connectivity index (χ0v) is 13.4. The summed E-state index contributed by atoms with van der Waals surface area (Å²) in [6, 6.07) is 3.64. The van der Waals surface area contributed by atoms with Crippen molar-refractivity contribution in [2.24, 2.45) is 5.92 Å². The maximum atomic E-state index is 12.3. The van der Waals surface area contributed by atoms with Gasteiger partial charge in [-0.05, 0) is 31.2 Å². The largest absolute Gasteiger partial charge is 0.355 e. The van der Waals surface area contributed by atoms with E-state index in [4.69, 9.17) is 0 Å². The molecule has 1 atom stereocenters. The number of nitrogens with zero attached hydrogens (tertiary/aromatic N) is 1. The van der Waals surface area contributed by atoms with Gasteiger partial charge < -0.3 is 15.5 Å². The highest BCUT2D eigenvalue weighted by molar-refractivity contribution is 7.12. The van der Waals surface area contributed by atoms with E-state index < -0.39 is 0 Å². The number of rotatable bonds is 5. The van der Waals surface area contributed by atoms with Gasteiger partial charge in [-0.3, -0.25) is 14.4 Å². The number of carbonyl (C=O) groups excluding carboxylic acids is 3. The first-order valence-corrected chi connectivity index (χ1v) is 8.37. The van der Waals surface area contributed by atoms with Crippen molar-refractivity contribution in [2.75, 3.05) is 26.2 Å². The van der Waals surface area contributed by atoms with E-state index in [9.17, 15) is 14.4 Å². The zero-order valence-electron chi connectivity index (χ0n) is 12.6. The van der Waals surface area contributed by atoms with Crippen LogP contribution < -0.4 is 10.6 Å². The summed E-state index contributed by atoms with van der Waals surface area (Å²) in [6.07, 6.45) is 1.55. The molecule has 0 radical (unpaired) electrons. The molecule has 0 saturated carbocycles.